The molecule has 0 spiro atoms. The normalized spacial score (nSPS) is 12.0. The zero-order valence-electron chi connectivity index (χ0n) is 12.7. The lowest BCUT2D eigenvalue weighted by Crippen LogP contribution is -2.43. The molecule has 1 aromatic heterocycles. The molecule has 0 atom stereocenters. The lowest BCUT2D eigenvalue weighted by molar-refractivity contribution is -0.520. The van der Waals surface area contributed by atoms with E-state index in [1.807, 2.05) is 0 Å². The third kappa shape index (κ3) is 8.38. The molecule has 0 fully saturated rings. The van der Waals surface area contributed by atoms with Crippen molar-refractivity contribution in [2.45, 2.75) is 57.8 Å². The Kier molecular flexibility index (Phi) is 9.15. The van der Waals surface area contributed by atoms with Crippen LogP contribution in [0.1, 0.15) is 51.4 Å². The number of alkyl halides is 2. The quantitative estimate of drug-likeness (QED) is 0.434. The van der Waals surface area contributed by atoms with Crippen LogP contribution in [0.4, 0.5) is 8.78 Å². The van der Waals surface area contributed by atoms with E-state index < -0.39 is 16.7 Å². The van der Waals surface area contributed by atoms with Crippen LogP contribution in [0, 0.1) is 0 Å². The minimum atomic E-state index is -3.73. The Hall–Kier alpha value is -1.08. The lowest BCUT2D eigenvalue weighted by Gasteiger charge is -2.02. The second-order valence-electron chi connectivity index (χ2n) is 5.14. The van der Waals surface area contributed by atoms with Gasteiger partial charge in [0.15, 0.2) is 12.4 Å². The van der Waals surface area contributed by atoms with Crippen molar-refractivity contribution in [3.8, 4) is 0 Å². The highest BCUT2D eigenvalue weighted by Gasteiger charge is 2.21. The molecule has 1 aromatic rings. The predicted octanol–water partition coefficient (Wildman–Crippen LogP) is 3.47. The van der Waals surface area contributed by atoms with E-state index in [1.165, 1.54) is 12.4 Å². The summed E-state index contributed by atoms with van der Waals surface area (Å²) >= 11 is 0. The molecule has 0 amide bonds. The molecule has 22 heavy (non-hydrogen) atoms. The van der Waals surface area contributed by atoms with Crippen molar-refractivity contribution >= 4 is 10.3 Å². The van der Waals surface area contributed by atoms with Gasteiger partial charge in [-0.25, -0.2) is 13.0 Å². The Morgan fingerprint density at radius 2 is 1.41 bits per heavy atom. The molecule has 0 aliphatic carbocycles. The predicted molar refractivity (Wildman–Crippen MR) is 79.8 cm³/mol. The fraction of sp³-hybridized carbons (Fsp3) is 0.667. The number of unbranched alkanes of at least 4 members (excludes halogenated alkanes) is 6. The van der Waals surface area contributed by atoms with Crippen LogP contribution in [0.2, 0.25) is 0 Å². The van der Waals surface area contributed by atoms with Gasteiger partial charge in [-0.15, -0.1) is 8.42 Å². The number of halogens is 2. The van der Waals surface area contributed by atoms with Gasteiger partial charge in [-0.3, -0.25) is 0 Å². The molecule has 0 unspecified atom stereocenters. The first-order chi connectivity index (χ1) is 10.5. The first kappa shape index (κ1) is 19.0. The second-order valence-corrected chi connectivity index (χ2v) is 6.65. The third-order valence-electron chi connectivity index (χ3n) is 3.25. The van der Waals surface area contributed by atoms with Crippen molar-refractivity contribution in [1.29, 1.82) is 0 Å². The maximum atomic E-state index is 11.9. The molecule has 0 saturated carbocycles. The third-order valence-corrected chi connectivity index (χ3v) is 4.47. The highest BCUT2D eigenvalue weighted by atomic mass is 32.2. The van der Waals surface area contributed by atoms with E-state index >= 15 is 0 Å². The van der Waals surface area contributed by atoms with Crippen molar-refractivity contribution in [3.05, 3.63) is 30.6 Å². The topological polar surface area (TPSA) is 47.3 Å². The summed E-state index contributed by atoms with van der Waals surface area (Å²) in [6.07, 6.45) is 6.51. The molecule has 0 aliphatic heterocycles. The zero-order chi connectivity index (χ0) is 16.3. The van der Waals surface area contributed by atoms with Crippen molar-refractivity contribution in [2.75, 3.05) is 6.61 Å². The van der Waals surface area contributed by atoms with Gasteiger partial charge < -0.3 is 0 Å². The highest BCUT2D eigenvalue weighted by molar-refractivity contribution is 7.80. The highest BCUT2D eigenvalue weighted by Crippen LogP contribution is 2.11. The Morgan fingerprint density at radius 1 is 0.864 bits per heavy atom. The number of hydrogen-bond donors (Lipinski definition) is 0. The summed E-state index contributed by atoms with van der Waals surface area (Å²) in [5, 5.41) is 0. The molecular formula is C15H24F2NO3S+. The summed E-state index contributed by atoms with van der Waals surface area (Å²) < 4.78 is 53.3. The minimum absolute atomic E-state index is 0.0111. The molecule has 0 radical (unpaired) electrons. The molecule has 0 N–H and O–H groups in total. The minimum Gasteiger partial charge on any atom is -0.218 e. The number of aromatic nitrogens is 1. The lowest BCUT2D eigenvalue weighted by atomic mass is 10.1. The maximum absolute atomic E-state index is 11.9. The van der Waals surface area contributed by atoms with Gasteiger partial charge in [0.2, 0.25) is 6.43 Å². The molecule has 7 heteroatoms. The number of nitrogens with zero attached hydrogens (tertiary/aromatic N) is 1. The second kappa shape index (κ2) is 10.6. The van der Waals surface area contributed by atoms with Crippen LogP contribution in [-0.2, 0) is 14.5 Å². The Balaban J connectivity index is 2.02. The van der Waals surface area contributed by atoms with Gasteiger partial charge in [0.1, 0.15) is 0 Å². The van der Waals surface area contributed by atoms with E-state index in [0.717, 1.165) is 36.1 Å². The molecular weight excluding hydrogens is 312 g/mol. The first-order valence-corrected chi connectivity index (χ1v) is 9.03. The average molecular weight is 336 g/mol. The van der Waals surface area contributed by atoms with E-state index in [9.17, 15) is 17.2 Å². The molecule has 0 saturated heterocycles. The van der Waals surface area contributed by atoms with Gasteiger partial charge in [-0.1, -0.05) is 42.1 Å². The first-order valence-electron chi connectivity index (χ1n) is 7.67. The van der Waals surface area contributed by atoms with Crippen LogP contribution in [0.15, 0.2) is 30.6 Å². The number of rotatable bonds is 12. The molecule has 4 nitrogen and oxygen atoms in total. The monoisotopic (exact) mass is 336 g/mol. The van der Waals surface area contributed by atoms with Gasteiger partial charge in [0.05, 0.1) is 6.61 Å². The Bertz CT molecular complexity index is 495. The fourth-order valence-corrected chi connectivity index (χ4v) is 2.93. The smallest absolute Gasteiger partial charge is 0.218 e. The van der Waals surface area contributed by atoms with Gasteiger partial charge in [-0.05, 0) is 12.8 Å². The van der Waals surface area contributed by atoms with Crippen molar-refractivity contribution < 1.29 is 25.4 Å². The molecule has 1 rings (SSSR count). The summed E-state index contributed by atoms with van der Waals surface area (Å²) in [6.45, 7) is 0.162. The average Bonchev–Trinajstić information content (AvgIpc) is 2.49. The summed E-state index contributed by atoms with van der Waals surface area (Å²) in [4.78, 5) is 0. The van der Waals surface area contributed by atoms with E-state index in [2.05, 4.69) is 0 Å². The Labute approximate surface area is 131 Å². The zero-order valence-corrected chi connectivity index (χ0v) is 13.5. The van der Waals surface area contributed by atoms with E-state index in [4.69, 9.17) is 4.18 Å². The summed E-state index contributed by atoms with van der Waals surface area (Å²) in [7, 11) is -3.73. The van der Waals surface area contributed by atoms with Gasteiger partial charge in [0, 0.05) is 18.6 Å². The summed E-state index contributed by atoms with van der Waals surface area (Å²) in [5.41, 5.74) is 0. The van der Waals surface area contributed by atoms with Crippen LogP contribution in [0.25, 0.3) is 0 Å². The SMILES string of the molecule is O=S(=O)(OCCCCCCCCCC(F)F)[n+]1ccccc1. The van der Waals surface area contributed by atoms with Gasteiger partial charge >= 0.3 is 10.3 Å². The number of hydrogen-bond acceptors (Lipinski definition) is 3. The molecule has 0 bridgehead atoms. The van der Waals surface area contributed by atoms with Gasteiger partial charge in [-0.2, -0.15) is 0 Å². The largest absolute Gasteiger partial charge is 0.513 e. The van der Waals surface area contributed by atoms with Crippen molar-refractivity contribution in [3.63, 3.8) is 0 Å². The fourth-order valence-electron chi connectivity index (χ4n) is 2.04. The van der Waals surface area contributed by atoms with Crippen LogP contribution in [-0.4, -0.2) is 21.5 Å². The van der Waals surface area contributed by atoms with E-state index in [1.54, 1.807) is 18.2 Å². The van der Waals surface area contributed by atoms with Crippen LogP contribution in [0.5, 0.6) is 0 Å². The van der Waals surface area contributed by atoms with Crippen molar-refractivity contribution in [2.24, 2.45) is 0 Å². The summed E-state index contributed by atoms with van der Waals surface area (Å²) in [5.74, 6) is 0. The van der Waals surface area contributed by atoms with Crippen LogP contribution < -0.4 is 3.97 Å². The Morgan fingerprint density at radius 3 is 2.00 bits per heavy atom. The molecule has 1 heterocycles. The van der Waals surface area contributed by atoms with Crippen LogP contribution >= 0.6 is 0 Å². The van der Waals surface area contributed by atoms with Crippen LogP contribution in [0.3, 0.4) is 0 Å². The molecule has 126 valence electrons. The molecule has 0 aromatic carbocycles. The molecule has 0 aliphatic rings. The van der Waals surface area contributed by atoms with E-state index in [-0.39, 0.29) is 13.0 Å². The van der Waals surface area contributed by atoms with Gasteiger partial charge in [0.25, 0.3) is 0 Å². The summed E-state index contributed by atoms with van der Waals surface area (Å²) in [6, 6.07) is 4.97. The maximum Gasteiger partial charge on any atom is 0.513 e. The van der Waals surface area contributed by atoms with Crippen molar-refractivity contribution in [1.82, 2.24) is 0 Å². The number of pyridine rings is 1. The van der Waals surface area contributed by atoms with E-state index in [0.29, 0.717) is 12.8 Å². The standard InChI is InChI=1S/C15H24F2NO3S/c16-15(17)11-7-4-2-1-3-5-10-14-21-22(19,20)18-12-8-6-9-13-18/h6,8-9,12-13,15H,1-5,7,10-11,14H2/q+1.